The van der Waals surface area contributed by atoms with Gasteiger partial charge in [-0.2, -0.15) is 0 Å². The van der Waals surface area contributed by atoms with E-state index in [9.17, 15) is 8.42 Å². The molecule has 0 bridgehead atoms. The highest BCUT2D eigenvalue weighted by Gasteiger charge is 2.21. The first kappa shape index (κ1) is 15.5. The normalized spacial score (nSPS) is 15.7. The van der Waals surface area contributed by atoms with Gasteiger partial charge in [0.05, 0.1) is 4.90 Å². The molecule has 6 heteroatoms. The van der Waals surface area contributed by atoms with Crippen molar-refractivity contribution in [3.05, 3.63) is 18.0 Å². The van der Waals surface area contributed by atoms with Gasteiger partial charge < -0.3 is 9.88 Å². The Balaban J connectivity index is 1.96. The summed E-state index contributed by atoms with van der Waals surface area (Å²) in [6.45, 7) is 4.00. The quantitative estimate of drug-likeness (QED) is 0.682. The lowest BCUT2D eigenvalue weighted by Crippen LogP contribution is -2.24. The first-order valence-electron chi connectivity index (χ1n) is 7.40. The van der Waals surface area contributed by atoms with Crippen LogP contribution in [0.2, 0.25) is 0 Å². The third-order valence-corrected chi connectivity index (χ3v) is 5.18. The van der Waals surface area contributed by atoms with Gasteiger partial charge in [0.15, 0.2) is 0 Å². The molecule has 2 rings (SSSR count). The summed E-state index contributed by atoms with van der Waals surface area (Å²) < 4.78 is 29.1. The van der Waals surface area contributed by atoms with Gasteiger partial charge in [-0.25, -0.2) is 13.1 Å². The van der Waals surface area contributed by atoms with Crippen LogP contribution in [-0.4, -0.2) is 26.6 Å². The van der Waals surface area contributed by atoms with E-state index in [1.54, 1.807) is 12.3 Å². The molecule has 1 aromatic heterocycles. The van der Waals surface area contributed by atoms with Crippen LogP contribution in [0.5, 0.6) is 0 Å². The van der Waals surface area contributed by atoms with Gasteiger partial charge in [-0.3, -0.25) is 0 Å². The molecule has 1 aliphatic rings. The molecule has 1 fully saturated rings. The van der Waals surface area contributed by atoms with Crippen LogP contribution in [0.3, 0.4) is 0 Å². The Morgan fingerprint density at radius 1 is 1.40 bits per heavy atom. The zero-order valence-electron chi connectivity index (χ0n) is 12.4. The van der Waals surface area contributed by atoms with Crippen molar-refractivity contribution in [1.82, 2.24) is 14.6 Å². The molecular weight excluding hydrogens is 274 g/mol. The van der Waals surface area contributed by atoms with Crippen molar-refractivity contribution < 1.29 is 8.42 Å². The monoisotopic (exact) mass is 299 g/mol. The Hall–Kier alpha value is -0.850. The van der Waals surface area contributed by atoms with E-state index in [0.717, 1.165) is 31.0 Å². The van der Waals surface area contributed by atoms with Gasteiger partial charge in [0.1, 0.15) is 0 Å². The molecule has 0 unspecified atom stereocenters. The predicted octanol–water partition coefficient (Wildman–Crippen LogP) is 1.70. The molecule has 1 aliphatic carbocycles. The smallest absolute Gasteiger partial charge is 0.242 e. The van der Waals surface area contributed by atoms with E-state index in [0.29, 0.717) is 18.0 Å². The van der Waals surface area contributed by atoms with Crippen LogP contribution in [0, 0.1) is 5.92 Å². The predicted molar refractivity (Wildman–Crippen MR) is 80.0 cm³/mol. The highest BCUT2D eigenvalue weighted by Crippen LogP contribution is 2.33. The first-order valence-corrected chi connectivity index (χ1v) is 8.88. The molecule has 0 amide bonds. The lowest BCUT2D eigenvalue weighted by Gasteiger charge is -2.04. The fourth-order valence-corrected chi connectivity index (χ4v) is 3.52. The molecule has 5 nitrogen and oxygen atoms in total. The first-order chi connectivity index (χ1) is 9.56. The maximum Gasteiger partial charge on any atom is 0.242 e. The summed E-state index contributed by atoms with van der Waals surface area (Å²) in [5.74, 6) is 0.850. The molecule has 114 valence electrons. The lowest BCUT2D eigenvalue weighted by atomic mass is 10.2. The third-order valence-electron chi connectivity index (χ3n) is 3.75. The number of sulfonamides is 1. The Labute approximate surface area is 121 Å². The van der Waals surface area contributed by atoms with Gasteiger partial charge in [-0.15, -0.1) is 0 Å². The number of aryl methyl sites for hydroxylation is 1. The van der Waals surface area contributed by atoms with Gasteiger partial charge in [0, 0.05) is 31.5 Å². The molecule has 20 heavy (non-hydrogen) atoms. The highest BCUT2D eigenvalue weighted by molar-refractivity contribution is 7.89. The molecule has 1 heterocycles. The van der Waals surface area contributed by atoms with E-state index in [-0.39, 0.29) is 0 Å². The summed E-state index contributed by atoms with van der Waals surface area (Å²) in [4.78, 5) is 0.371. The number of nitrogens with zero attached hydrogens (tertiary/aromatic N) is 1. The summed E-state index contributed by atoms with van der Waals surface area (Å²) in [6.07, 6.45) is 6.43. The van der Waals surface area contributed by atoms with Crippen molar-refractivity contribution >= 4 is 10.0 Å². The Bertz CT molecular complexity index is 533. The van der Waals surface area contributed by atoms with E-state index < -0.39 is 10.0 Å². The minimum Gasteiger partial charge on any atom is -0.349 e. The average molecular weight is 299 g/mol. The second-order valence-corrected chi connectivity index (χ2v) is 7.23. The maximum atomic E-state index is 12.2. The van der Waals surface area contributed by atoms with Crippen LogP contribution in [0.15, 0.2) is 17.2 Å². The van der Waals surface area contributed by atoms with E-state index in [4.69, 9.17) is 0 Å². The van der Waals surface area contributed by atoms with Gasteiger partial charge in [0.25, 0.3) is 0 Å². The highest BCUT2D eigenvalue weighted by atomic mass is 32.2. The second-order valence-electron chi connectivity index (χ2n) is 5.47. The minimum absolute atomic E-state index is 0.371. The molecule has 0 aromatic carbocycles. The fraction of sp³-hybridized carbons (Fsp3) is 0.714. The molecule has 1 aromatic rings. The van der Waals surface area contributed by atoms with Crippen LogP contribution in [0.1, 0.15) is 38.3 Å². The summed E-state index contributed by atoms with van der Waals surface area (Å²) in [5, 5.41) is 3.06. The molecular formula is C14H25N3O2S. The number of hydrogen-bond donors (Lipinski definition) is 2. The van der Waals surface area contributed by atoms with Crippen LogP contribution in [-0.2, 0) is 23.1 Å². The van der Waals surface area contributed by atoms with Crippen LogP contribution >= 0.6 is 0 Å². The number of rotatable bonds is 9. The van der Waals surface area contributed by atoms with Crippen molar-refractivity contribution in [3.63, 3.8) is 0 Å². The van der Waals surface area contributed by atoms with Crippen molar-refractivity contribution in [2.45, 2.75) is 50.6 Å². The maximum absolute atomic E-state index is 12.2. The average Bonchev–Trinajstić information content (AvgIpc) is 3.14. The van der Waals surface area contributed by atoms with E-state index >= 15 is 0 Å². The SMILES string of the molecule is CCn1cc(S(=O)(=O)NCCCC2CC2)cc1CNC. The van der Waals surface area contributed by atoms with Crippen molar-refractivity contribution in [1.29, 1.82) is 0 Å². The fourth-order valence-electron chi connectivity index (χ4n) is 2.38. The summed E-state index contributed by atoms with van der Waals surface area (Å²) >= 11 is 0. The lowest BCUT2D eigenvalue weighted by molar-refractivity contribution is 0.572. The molecule has 0 aliphatic heterocycles. The Kier molecular flexibility index (Phi) is 5.23. The van der Waals surface area contributed by atoms with Gasteiger partial charge in [-0.1, -0.05) is 12.8 Å². The van der Waals surface area contributed by atoms with Crippen LogP contribution in [0.4, 0.5) is 0 Å². The van der Waals surface area contributed by atoms with Crippen LogP contribution in [0.25, 0.3) is 0 Å². The van der Waals surface area contributed by atoms with Crippen LogP contribution < -0.4 is 10.0 Å². The second kappa shape index (κ2) is 6.74. The van der Waals surface area contributed by atoms with E-state index in [1.807, 2.05) is 18.5 Å². The summed E-state index contributed by atoms with van der Waals surface area (Å²) in [5.41, 5.74) is 0.994. The topological polar surface area (TPSA) is 63.1 Å². The molecule has 0 radical (unpaired) electrons. The summed E-state index contributed by atoms with van der Waals surface area (Å²) in [6, 6.07) is 1.75. The largest absolute Gasteiger partial charge is 0.349 e. The number of hydrogen-bond acceptors (Lipinski definition) is 3. The Morgan fingerprint density at radius 3 is 2.75 bits per heavy atom. The van der Waals surface area contributed by atoms with Gasteiger partial charge in [-0.05, 0) is 38.8 Å². The Morgan fingerprint density at radius 2 is 2.15 bits per heavy atom. The standard InChI is InChI=1S/C14H25N3O2S/c1-3-17-11-14(9-13(17)10-15-2)20(18,19)16-8-4-5-12-6-7-12/h9,11-12,15-16H,3-8,10H2,1-2H3. The molecule has 0 atom stereocenters. The molecule has 1 saturated carbocycles. The van der Waals surface area contributed by atoms with Gasteiger partial charge >= 0.3 is 0 Å². The van der Waals surface area contributed by atoms with Crippen molar-refractivity contribution in [3.8, 4) is 0 Å². The molecule has 2 N–H and O–H groups in total. The molecule has 0 spiro atoms. The van der Waals surface area contributed by atoms with E-state index in [1.165, 1.54) is 12.8 Å². The zero-order chi connectivity index (χ0) is 14.6. The van der Waals surface area contributed by atoms with Gasteiger partial charge in [0.2, 0.25) is 10.0 Å². The zero-order valence-corrected chi connectivity index (χ0v) is 13.2. The summed E-state index contributed by atoms with van der Waals surface area (Å²) in [7, 11) is -1.51. The number of nitrogens with one attached hydrogen (secondary N) is 2. The minimum atomic E-state index is -3.37. The molecule has 0 saturated heterocycles. The number of aromatic nitrogens is 1. The van der Waals surface area contributed by atoms with E-state index in [2.05, 4.69) is 10.0 Å². The van der Waals surface area contributed by atoms with Crippen molar-refractivity contribution in [2.75, 3.05) is 13.6 Å². The third kappa shape index (κ3) is 4.07. The van der Waals surface area contributed by atoms with Crippen molar-refractivity contribution in [2.24, 2.45) is 5.92 Å².